The van der Waals surface area contributed by atoms with E-state index in [1.807, 2.05) is 12.1 Å². The van der Waals surface area contributed by atoms with Crippen molar-refractivity contribution in [2.45, 2.75) is 12.3 Å². The van der Waals surface area contributed by atoms with Gasteiger partial charge in [-0.25, -0.2) is 9.97 Å². The fourth-order valence-electron chi connectivity index (χ4n) is 2.75. The van der Waals surface area contributed by atoms with Crippen molar-refractivity contribution in [3.63, 3.8) is 0 Å². The number of nitrogens with one attached hydrogen (secondary N) is 2. The third-order valence-corrected chi connectivity index (χ3v) is 3.85. The molecular weight excluding hydrogens is 266 g/mol. The maximum Gasteiger partial charge on any atom is 0.160 e. The van der Waals surface area contributed by atoms with Gasteiger partial charge in [0, 0.05) is 12.5 Å². The number of para-hydroxylation sites is 1. The second-order valence-corrected chi connectivity index (χ2v) is 5.11. The predicted molar refractivity (Wildman–Crippen MR) is 79.5 cm³/mol. The Morgan fingerprint density at radius 3 is 3.24 bits per heavy atom. The Morgan fingerprint density at radius 1 is 1.29 bits per heavy atom. The first-order chi connectivity index (χ1) is 10.4. The number of ether oxygens (including phenoxy) is 1. The molecule has 106 valence electrons. The smallest absolute Gasteiger partial charge is 0.160 e. The van der Waals surface area contributed by atoms with E-state index < -0.39 is 0 Å². The van der Waals surface area contributed by atoms with Crippen LogP contribution in [0.2, 0.25) is 0 Å². The topological polar surface area (TPSA) is 75.7 Å². The lowest BCUT2D eigenvalue weighted by molar-refractivity contribution is 0.270. The minimum atomic E-state index is 0.423. The zero-order valence-electron chi connectivity index (χ0n) is 11.4. The molecule has 1 aliphatic heterocycles. The molecule has 6 nitrogen and oxygen atoms in total. The highest BCUT2D eigenvalue weighted by Gasteiger charge is 2.21. The second-order valence-electron chi connectivity index (χ2n) is 5.11. The molecule has 0 amide bonds. The fourth-order valence-corrected chi connectivity index (χ4v) is 2.75. The van der Waals surface area contributed by atoms with Gasteiger partial charge >= 0.3 is 0 Å². The first-order valence-electron chi connectivity index (χ1n) is 7.01. The quantitative estimate of drug-likeness (QED) is 0.770. The Labute approximate surface area is 121 Å². The van der Waals surface area contributed by atoms with Gasteiger partial charge in [-0.3, -0.25) is 5.10 Å². The molecule has 3 heterocycles. The van der Waals surface area contributed by atoms with E-state index in [1.165, 1.54) is 5.56 Å². The van der Waals surface area contributed by atoms with E-state index in [-0.39, 0.29) is 0 Å². The van der Waals surface area contributed by atoms with Crippen molar-refractivity contribution in [3.05, 3.63) is 42.4 Å². The molecule has 0 aliphatic carbocycles. The molecule has 1 atom stereocenters. The van der Waals surface area contributed by atoms with Crippen molar-refractivity contribution in [2.24, 2.45) is 0 Å². The number of benzene rings is 1. The lowest BCUT2D eigenvalue weighted by atomic mass is 9.93. The van der Waals surface area contributed by atoms with E-state index in [1.54, 1.807) is 12.5 Å². The minimum Gasteiger partial charge on any atom is -0.493 e. The molecule has 2 N–H and O–H groups in total. The van der Waals surface area contributed by atoms with Crippen LogP contribution in [0.1, 0.15) is 17.9 Å². The van der Waals surface area contributed by atoms with Gasteiger partial charge in [-0.2, -0.15) is 5.10 Å². The van der Waals surface area contributed by atoms with Crippen LogP contribution in [0.15, 0.2) is 36.8 Å². The lowest BCUT2D eigenvalue weighted by Gasteiger charge is -2.26. The summed E-state index contributed by atoms with van der Waals surface area (Å²) in [7, 11) is 0. The number of hydrogen-bond donors (Lipinski definition) is 2. The number of H-pyrrole nitrogens is 1. The van der Waals surface area contributed by atoms with Gasteiger partial charge in [-0.05, 0) is 18.1 Å². The van der Waals surface area contributed by atoms with E-state index in [9.17, 15) is 0 Å². The van der Waals surface area contributed by atoms with E-state index in [4.69, 9.17) is 4.74 Å². The van der Waals surface area contributed by atoms with Crippen LogP contribution >= 0.6 is 0 Å². The molecule has 1 aromatic carbocycles. The number of hydrogen-bond acceptors (Lipinski definition) is 5. The van der Waals surface area contributed by atoms with Crippen LogP contribution < -0.4 is 10.1 Å². The largest absolute Gasteiger partial charge is 0.493 e. The molecule has 0 radical (unpaired) electrons. The fraction of sp³-hybridized carbons (Fsp3) is 0.267. The Balaban J connectivity index is 1.57. The van der Waals surface area contributed by atoms with Gasteiger partial charge in [0.05, 0.1) is 18.2 Å². The molecule has 1 aliphatic rings. The number of fused-ring (bicyclic) bond motifs is 2. The van der Waals surface area contributed by atoms with Gasteiger partial charge in [0.1, 0.15) is 17.9 Å². The molecule has 0 saturated carbocycles. The maximum absolute atomic E-state index is 5.70. The molecule has 0 saturated heterocycles. The van der Waals surface area contributed by atoms with Crippen molar-refractivity contribution in [3.8, 4) is 5.75 Å². The number of rotatable bonds is 3. The third-order valence-electron chi connectivity index (χ3n) is 3.85. The molecule has 6 heteroatoms. The standard InChI is InChI=1S/C15H15N5O/c1-2-4-13-11(3-1)10(5-6-21-13)7-16-14-12-8-19-20-15(12)18-9-17-14/h1-4,8-10H,5-7H2,(H2,16,17,18,19,20). The van der Waals surface area contributed by atoms with Gasteiger partial charge in [0.25, 0.3) is 0 Å². The van der Waals surface area contributed by atoms with E-state index in [2.05, 4.69) is 37.6 Å². The van der Waals surface area contributed by atoms with Crippen molar-refractivity contribution in [1.82, 2.24) is 20.2 Å². The van der Waals surface area contributed by atoms with E-state index in [0.717, 1.165) is 42.2 Å². The van der Waals surface area contributed by atoms with Crippen LogP contribution in [0.4, 0.5) is 5.82 Å². The van der Waals surface area contributed by atoms with Crippen LogP contribution in [-0.2, 0) is 0 Å². The predicted octanol–water partition coefficient (Wildman–Crippen LogP) is 2.33. The monoisotopic (exact) mass is 281 g/mol. The summed E-state index contributed by atoms with van der Waals surface area (Å²) in [6, 6.07) is 8.22. The zero-order valence-corrected chi connectivity index (χ0v) is 11.4. The molecule has 4 rings (SSSR count). The second kappa shape index (κ2) is 5.05. The van der Waals surface area contributed by atoms with Crippen molar-refractivity contribution in [1.29, 1.82) is 0 Å². The molecule has 2 aromatic heterocycles. The van der Waals surface area contributed by atoms with Crippen LogP contribution in [0.3, 0.4) is 0 Å². The summed E-state index contributed by atoms with van der Waals surface area (Å²) in [4.78, 5) is 8.45. The Kier molecular flexibility index (Phi) is 2.92. The highest BCUT2D eigenvalue weighted by atomic mass is 16.5. The average molecular weight is 281 g/mol. The van der Waals surface area contributed by atoms with Gasteiger partial charge in [0.15, 0.2) is 5.65 Å². The molecule has 0 bridgehead atoms. The summed E-state index contributed by atoms with van der Waals surface area (Å²) >= 11 is 0. The van der Waals surface area contributed by atoms with Crippen molar-refractivity contribution in [2.75, 3.05) is 18.5 Å². The van der Waals surface area contributed by atoms with Crippen LogP contribution in [0.5, 0.6) is 5.75 Å². The number of anilines is 1. The summed E-state index contributed by atoms with van der Waals surface area (Å²) in [5.41, 5.74) is 2.01. The summed E-state index contributed by atoms with van der Waals surface area (Å²) in [5.74, 6) is 2.23. The van der Waals surface area contributed by atoms with Gasteiger partial charge in [0.2, 0.25) is 0 Å². The molecule has 1 unspecified atom stereocenters. The zero-order chi connectivity index (χ0) is 14.1. The third kappa shape index (κ3) is 2.18. The maximum atomic E-state index is 5.70. The normalized spacial score (nSPS) is 17.2. The van der Waals surface area contributed by atoms with E-state index in [0.29, 0.717) is 5.92 Å². The summed E-state index contributed by atoms with van der Waals surface area (Å²) in [5, 5.41) is 11.2. The van der Waals surface area contributed by atoms with Crippen molar-refractivity contribution >= 4 is 16.9 Å². The number of aromatic amines is 1. The van der Waals surface area contributed by atoms with E-state index >= 15 is 0 Å². The first-order valence-corrected chi connectivity index (χ1v) is 7.01. The van der Waals surface area contributed by atoms with Gasteiger partial charge in [-0.1, -0.05) is 18.2 Å². The summed E-state index contributed by atoms with van der Waals surface area (Å²) < 4.78 is 5.70. The average Bonchev–Trinajstić information content (AvgIpc) is 3.02. The molecule has 0 fully saturated rings. The van der Waals surface area contributed by atoms with Crippen LogP contribution in [0, 0.1) is 0 Å². The van der Waals surface area contributed by atoms with Gasteiger partial charge < -0.3 is 10.1 Å². The molecule has 21 heavy (non-hydrogen) atoms. The Morgan fingerprint density at radius 2 is 2.24 bits per heavy atom. The lowest BCUT2D eigenvalue weighted by Crippen LogP contribution is -2.21. The minimum absolute atomic E-state index is 0.423. The van der Waals surface area contributed by atoms with Crippen LogP contribution in [-0.4, -0.2) is 33.3 Å². The highest BCUT2D eigenvalue weighted by molar-refractivity contribution is 5.85. The molecule has 0 spiro atoms. The summed E-state index contributed by atoms with van der Waals surface area (Å²) in [6.07, 6.45) is 4.29. The number of nitrogens with zero attached hydrogens (tertiary/aromatic N) is 3. The SMILES string of the molecule is c1ccc2c(c1)OCCC2CNc1ncnc2[nH]ncc12. The number of aromatic nitrogens is 4. The summed E-state index contributed by atoms with van der Waals surface area (Å²) in [6.45, 7) is 1.58. The highest BCUT2D eigenvalue weighted by Crippen LogP contribution is 2.33. The Hall–Kier alpha value is -2.63. The van der Waals surface area contributed by atoms with Crippen LogP contribution in [0.25, 0.3) is 11.0 Å². The van der Waals surface area contributed by atoms with Crippen molar-refractivity contribution < 1.29 is 4.74 Å². The molecular formula is C15H15N5O. The molecule has 3 aromatic rings. The Bertz CT molecular complexity index is 769. The first kappa shape index (κ1) is 12.1. The van der Waals surface area contributed by atoms with Gasteiger partial charge in [-0.15, -0.1) is 0 Å².